The van der Waals surface area contributed by atoms with E-state index in [-0.39, 0.29) is 29.5 Å². The van der Waals surface area contributed by atoms with Gasteiger partial charge in [-0.3, -0.25) is 0 Å². The van der Waals surface area contributed by atoms with Crippen LogP contribution in [-0.2, 0) is 0 Å². The van der Waals surface area contributed by atoms with Crippen molar-refractivity contribution in [3.63, 3.8) is 0 Å². The Morgan fingerprint density at radius 3 is 1.53 bits per heavy atom. The van der Waals surface area contributed by atoms with Gasteiger partial charge in [0.15, 0.2) is 0 Å². The molecule has 0 aromatic heterocycles. The Kier molecular flexibility index (Phi) is 2.53. The molecule has 0 aliphatic heterocycles. The molecule has 0 aromatic rings. The van der Waals surface area contributed by atoms with E-state index in [0.717, 1.165) is 11.8 Å². The number of rotatable bonds is 0. The van der Waals surface area contributed by atoms with E-state index in [9.17, 15) is 0 Å². The van der Waals surface area contributed by atoms with E-state index in [0.29, 0.717) is 10.8 Å². The largest absolute Gasteiger partial charge is 0.324 e. The van der Waals surface area contributed by atoms with Gasteiger partial charge >= 0.3 is 0 Å². The molecule has 2 N–H and O–H groups in total. The molecule has 0 aromatic carbocycles. The predicted octanol–water partition coefficient (Wildman–Crippen LogP) is 3.56. The number of halogens is 1. The molecule has 0 saturated heterocycles. The Balaban J connectivity index is 0.000000853. The van der Waals surface area contributed by atoms with Crippen molar-refractivity contribution in [3.8, 4) is 0 Å². The van der Waals surface area contributed by atoms with Crippen molar-refractivity contribution >= 4 is 24.0 Å². The van der Waals surface area contributed by atoms with Gasteiger partial charge in [0.05, 0.1) is 0 Å². The minimum atomic E-state index is 0. The number of hydrogen-bond acceptors (Lipinski definition) is 1. The monoisotopic (exact) mass is 321 g/mol. The Morgan fingerprint density at radius 2 is 1.20 bits per heavy atom. The van der Waals surface area contributed by atoms with Crippen molar-refractivity contribution in [1.82, 2.24) is 0 Å². The lowest BCUT2D eigenvalue weighted by Gasteiger charge is -2.69. The minimum absolute atomic E-state index is 0. The fourth-order valence-electron chi connectivity index (χ4n) is 5.24. The lowest BCUT2D eigenvalue weighted by molar-refractivity contribution is -0.159. The van der Waals surface area contributed by atoms with Crippen LogP contribution in [-0.4, -0.2) is 5.54 Å². The first-order chi connectivity index (χ1) is 6.36. The number of hydrogen-bond donors (Lipinski definition) is 1. The zero-order valence-corrected chi connectivity index (χ0v) is 12.5. The van der Waals surface area contributed by atoms with Gasteiger partial charge in [0.1, 0.15) is 0 Å². The van der Waals surface area contributed by atoms with E-state index < -0.39 is 0 Å². The van der Waals surface area contributed by atoms with Gasteiger partial charge < -0.3 is 5.73 Å². The fourth-order valence-corrected chi connectivity index (χ4v) is 5.24. The van der Waals surface area contributed by atoms with E-state index in [1.807, 2.05) is 0 Å². The highest BCUT2D eigenvalue weighted by atomic mass is 127. The molecule has 4 saturated carbocycles. The standard InChI is InChI=1S/C13H23N.HI/c1-11-5-9-4-10(6-11)8-12(2,7-9)13(11,3)14;/h9-10H,4-8,14H2,1-3H3;1H. The smallest absolute Gasteiger partial charge is 0.0234 e. The molecule has 4 bridgehead atoms. The Labute approximate surface area is 111 Å². The predicted molar refractivity (Wildman–Crippen MR) is 74.3 cm³/mol. The highest BCUT2D eigenvalue weighted by molar-refractivity contribution is 14.0. The molecular formula is C13H24IN. The van der Waals surface area contributed by atoms with E-state index in [2.05, 4.69) is 20.8 Å². The van der Waals surface area contributed by atoms with Gasteiger partial charge in [-0.25, -0.2) is 0 Å². The lowest BCUT2D eigenvalue weighted by atomic mass is 9.38. The van der Waals surface area contributed by atoms with Crippen LogP contribution in [0.5, 0.6) is 0 Å². The van der Waals surface area contributed by atoms with Crippen LogP contribution in [0.1, 0.15) is 52.9 Å². The average molecular weight is 321 g/mol. The van der Waals surface area contributed by atoms with Crippen LogP contribution in [0.15, 0.2) is 0 Å². The highest BCUT2D eigenvalue weighted by Crippen LogP contribution is 2.68. The quantitative estimate of drug-likeness (QED) is 0.678. The van der Waals surface area contributed by atoms with E-state index in [4.69, 9.17) is 5.73 Å². The first-order valence-electron chi connectivity index (χ1n) is 6.15. The summed E-state index contributed by atoms with van der Waals surface area (Å²) in [4.78, 5) is 0. The second-order valence-electron chi connectivity index (χ2n) is 7.11. The molecule has 0 unspecified atom stereocenters. The van der Waals surface area contributed by atoms with Gasteiger partial charge in [-0.1, -0.05) is 13.8 Å². The first-order valence-corrected chi connectivity index (χ1v) is 6.15. The first kappa shape index (κ1) is 12.2. The molecule has 0 heterocycles. The summed E-state index contributed by atoms with van der Waals surface area (Å²) in [5.41, 5.74) is 7.63. The van der Waals surface area contributed by atoms with Gasteiger partial charge in [0, 0.05) is 5.54 Å². The van der Waals surface area contributed by atoms with Crippen molar-refractivity contribution < 1.29 is 0 Å². The molecule has 2 heteroatoms. The van der Waals surface area contributed by atoms with Crippen molar-refractivity contribution in [2.24, 2.45) is 28.4 Å². The summed E-state index contributed by atoms with van der Waals surface area (Å²) in [5, 5.41) is 0. The third kappa shape index (κ3) is 1.30. The zero-order valence-electron chi connectivity index (χ0n) is 10.2. The summed E-state index contributed by atoms with van der Waals surface area (Å²) in [6.07, 6.45) is 7.08. The highest BCUT2D eigenvalue weighted by Gasteiger charge is 2.64. The van der Waals surface area contributed by atoms with Crippen LogP contribution in [0.2, 0.25) is 0 Å². The average Bonchev–Trinajstić information content (AvgIpc) is 1.98. The second-order valence-corrected chi connectivity index (χ2v) is 7.11. The van der Waals surface area contributed by atoms with Crippen LogP contribution < -0.4 is 5.73 Å². The Hall–Kier alpha value is 0.690. The molecular weight excluding hydrogens is 297 g/mol. The molecule has 4 rings (SSSR count). The Bertz CT molecular complexity index is 246. The molecule has 0 amide bonds. The third-order valence-corrected chi connectivity index (χ3v) is 6.13. The Morgan fingerprint density at radius 1 is 0.867 bits per heavy atom. The molecule has 0 atom stereocenters. The molecule has 15 heavy (non-hydrogen) atoms. The normalized spacial score (nSPS) is 61.6. The summed E-state index contributed by atoms with van der Waals surface area (Å²) in [6, 6.07) is 0. The maximum Gasteiger partial charge on any atom is 0.0234 e. The van der Waals surface area contributed by atoms with Gasteiger partial charge in [0.2, 0.25) is 0 Å². The zero-order chi connectivity index (χ0) is 10.2. The molecule has 1 nitrogen and oxygen atoms in total. The van der Waals surface area contributed by atoms with Crippen LogP contribution in [0.4, 0.5) is 0 Å². The SMILES string of the molecule is CC12CC3CC(C1)CC(C)(C3)C2(C)N.I. The van der Waals surface area contributed by atoms with Crippen LogP contribution in [0.3, 0.4) is 0 Å². The van der Waals surface area contributed by atoms with Crippen molar-refractivity contribution in [1.29, 1.82) is 0 Å². The van der Waals surface area contributed by atoms with Crippen molar-refractivity contribution in [3.05, 3.63) is 0 Å². The van der Waals surface area contributed by atoms with Gasteiger partial charge in [0.25, 0.3) is 0 Å². The van der Waals surface area contributed by atoms with Crippen LogP contribution >= 0.6 is 24.0 Å². The third-order valence-electron chi connectivity index (χ3n) is 6.13. The van der Waals surface area contributed by atoms with E-state index >= 15 is 0 Å². The summed E-state index contributed by atoms with van der Waals surface area (Å²) < 4.78 is 0. The van der Waals surface area contributed by atoms with Gasteiger partial charge in [-0.15, -0.1) is 24.0 Å². The van der Waals surface area contributed by atoms with E-state index in [1.165, 1.54) is 32.1 Å². The van der Waals surface area contributed by atoms with E-state index in [1.54, 1.807) is 0 Å². The van der Waals surface area contributed by atoms with Crippen LogP contribution in [0, 0.1) is 22.7 Å². The lowest BCUT2D eigenvalue weighted by Crippen LogP contribution is -2.71. The maximum atomic E-state index is 6.68. The summed E-state index contributed by atoms with van der Waals surface area (Å²) in [7, 11) is 0. The molecule has 0 spiro atoms. The molecule has 88 valence electrons. The second kappa shape index (κ2) is 3.12. The summed E-state index contributed by atoms with van der Waals surface area (Å²) >= 11 is 0. The fraction of sp³-hybridized carbons (Fsp3) is 1.00. The molecule has 4 aliphatic rings. The summed E-state index contributed by atoms with van der Waals surface area (Å²) in [5.74, 6) is 1.99. The maximum absolute atomic E-state index is 6.68. The van der Waals surface area contributed by atoms with Crippen LogP contribution in [0.25, 0.3) is 0 Å². The van der Waals surface area contributed by atoms with Gasteiger partial charge in [-0.05, 0) is 61.7 Å². The van der Waals surface area contributed by atoms with Crippen molar-refractivity contribution in [2.75, 3.05) is 0 Å². The summed E-state index contributed by atoms with van der Waals surface area (Å²) in [6.45, 7) is 7.22. The topological polar surface area (TPSA) is 26.0 Å². The number of nitrogens with two attached hydrogens (primary N) is 1. The molecule has 0 radical (unpaired) electrons. The van der Waals surface area contributed by atoms with Crippen molar-refractivity contribution in [2.45, 2.75) is 58.4 Å². The minimum Gasteiger partial charge on any atom is -0.324 e. The molecule has 4 fully saturated rings. The van der Waals surface area contributed by atoms with Gasteiger partial charge in [-0.2, -0.15) is 0 Å². The molecule has 4 aliphatic carbocycles.